The molecule has 0 aliphatic heterocycles. The maximum Gasteiger partial charge on any atom is 0.0867 e. The summed E-state index contributed by atoms with van der Waals surface area (Å²) in [6.45, 7) is 4.43. The largest absolute Gasteiger partial charge is 0.390 e. The number of nitrogens with zero attached hydrogens (tertiary/aromatic N) is 1. The van der Waals surface area contributed by atoms with E-state index in [2.05, 4.69) is 22.8 Å². The molecule has 0 amide bonds. The topological polar surface area (TPSA) is 51.2 Å². The number of fused-ring (bicyclic) bond motifs is 1. The third-order valence-electron chi connectivity index (χ3n) is 2.99. The van der Waals surface area contributed by atoms with E-state index >= 15 is 0 Å². The van der Waals surface area contributed by atoms with E-state index in [9.17, 15) is 5.11 Å². The highest BCUT2D eigenvalue weighted by Gasteiger charge is 2.13. The molecule has 0 aliphatic rings. The first-order valence-electron chi connectivity index (χ1n) is 5.58. The number of benzene rings is 1. The molecule has 0 radical (unpaired) electrons. The molecule has 3 nitrogen and oxygen atoms in total. The highest BCUT2D eigenvalue weighted by atomic mass is 16.3. The number of para-hydroxylation sites is 1. The van der Waals surface area contributed by atoms with Crippen molar-refractivity contribution in [2.24, 2.45) is 5.73 Å². The summed E-state index contributed by atoms with van der Waals surface area (Å²) in [7, 11) is 0. The monoisotopic (exact) mass is 218 g/mol. The van der Waals surface area contributed by atoms with Crippen LogP contribution in [0.25, 0.3) is 10.9 Å². The van der Waals surface area contributed by atoms with E-state index in [1.165, 1.54) is 5.39 Å². The zero-order chi connectivity index (χ0) is 11.7. The van der Waals surface area contributed by atoms with Crippen LogP contribution in [0.1, 0.15) is 12.6 Å². The van der Waals surface area contributed by atoms with Gasteiger partial charge < -0.3 is 15.4 Å². The third-order valence-corrected chi connectivity index (χ3v) is 2.99. The predicted octanol–water partition coefficient (Wildman–Crippen LogP) is 1.66. The molecule has 0 saturated carbocycles. The number of nitrogens with two attached hydrogens (primary N) is 1. The molecule has 3 N–H and O–H groups in total. The van der Waals surface area contributed by atoms with E-state index in [1.807, 2.05) is 26.0 Å². The smallest absolute Gasteiger partial charge is 0.0867 e. The van der Waals surface area contributed by atoms with Crippen LogP contribution in [0.4, 0.5) is 0 Å². The molecule has 2 aromatic rings. The van der Waals surface area contributed by atoms with Crippen LogP contribution in [0.5, 0.6) is 0 Å². The first kappa shape index (κ1) is 11.2. The molecule has 1 heterocycles. The van der Waals surface area contributed by atoms with Gasteiger partial charge in [-0.1, -0.05) is 18.2 Å². The Kier molecular flexibility index (Phi) is 2.99. The molecule has 2 unspecified atom stereocenters. The van der Waals surface area contributed by atoms with Crippen LogP contribution in [-0.2, 0) is 6.54 Å². The van der Waals surface area contributed by atoms with Crippen molar-refractivity contribution in [3.8, 4) is 0 Å². The van der Waals surface area contributed by atoms with Crippen molar-refractivity contribution < 1.29 is 5.11 Å². The summed E-state index contributed by atoms with van der Waals surface area (Å²) in [4.78, 5) is 0. The molecule has 2 rings (SSSR count). The van der Waals surface area contributed by atoms with Crippen LogP contribution < -0.4 is 5.73 Å². The summed E-state index contributed by atoms with van der Waals surface area (Å²) in [6, 6.07) is 10.1. The fraction of sp³-hybridized carbons (Fsp3) is 0.385. The van der Waals surface area contributed by atoms with Crippen molar-refractivity contribution in [1.82, 2.24) is 4.57 Å². The van der Waals surface area contributed by atoms with Gasteiger partial charge in [0, 0.05) is 17.3 Å². The van der Waals surface area contributed by atoms with E-state index in [1.54, 1.807) is 0 Å². The Morgan fingerprint density at radius 2 is 2.06 bits per heavy atom. The van der Waals surface area contributed by atoms with Crippen LogP contribution in [0.2, 0.25) is 0 Å². The van der Waals surface area contributed by atoms with Gasteiger partial charge in [-0.05, 0) is 31.4 Å². The lowest BCUT2D eigenvalue weighted by Gasteiger charge is -2.17. The van der Waals surface area contributed by atoms with Crippen molar-refractivity contribution in [2.75, 3.05) is 0 Å². The van der Waals surface area contributed by atoms with Crippen LogP contribution in [0.15, 0.2) is 30.3 Å². The van der Waals surface area contributed by atoms with Gasteiger partial charge in [-0.3, -0.25) is 0 Å². The standard InChI is InChI=1S/C13H18N2O/c1-9-7-11-5-3-4-6-12(11)15(9)8-13(16)10(2)14/h3-7,10,13,16H,8,14H2,1-2H3. The van der Waals surface area contributed by atoms with Crippen LogP contribution in [0, 0.1) is 6.92 Å². The van der Waals surface area contributed by atoms with Crippen LogP contribution in [0.3, 0.4) is 0 Å². The maximum atomic E-state index is 9.84. The zero-order valence-corrected chi connectivity index (χ0v) is 9.72. The first-order chi connectivity index (χ1) is 7.59. The van der Waals surface area contributed by atoms with Gasteiger partial charge in [0.2, 0.25) is 0 Å². The van der Waals surface area contributed by atoms with Crippen molar-refractivity contribution in [3.63, 3.8) is 0 Å². The maximum absolute atomic E-state index is 9.84. The molecule has 0 saturated heterocycles. The summed E-state index contributed by atoms with van der Waals surface area (Å²) < 4.78 is 2.11. The predicted molar refractivity (Wildman–Crippen MR) is 66.3 cm³/mol. The van der Waals surface area contributed by atoms with Gasteiger partial charge in [0.05, 0.1) is 12.6 Å². The van der Waals surface area contributed by atoms with E-state index in [0.29, 0.717) is 6.54 Å². The second kappa shape index (κ2) is 4.28. The molecule has 0 spiro atoms. The SMILES string of the molecule is Cc1cc2ccccc2n1CC(O)C(C)N. The van der Waals surface area contributed by atoms with Crippen molar-refractivity contribution in [3.05, 3.63) is 36.0 Å². The molecule has 3 heteroatoms. The fourth-order valence-electron chi connectivity index (χ4n) is 1.94. The second-order valence-corrected chi connectivity index (χ2v) is 4.38. The van der Waals surface area contributed by atoms with E-state index in [4.69, 9.17) is 5.73 Å². The van der Waals surface area contributed by atoms with Gasteiger partial charge in [-0.25, -0.2) is 0 Å². The average Bonchev–Trinajstić information content (AvgIpc) is 2.55. The minimum absolute atomic E-state index is 0.208. The second-order valence-electron chi connectivity index (χ2n) is 4.38. The minimum atomic E-state index is -0.505. The first-order valence-corrected chi connectivity index (χ1v) is 5.58. The molecular weight excluding hydrogens is 200 g/mol. The van der Waals surface area contributed by atoms with E-state index in [0.717, 1.165) is 11.2 Å². The fourth-order valence-corrected chi connectivity index (χ4v) is 1.94. The van der Waals surface area contributed by atoms with E-state index < -0.39 is 6.10 Å². The molecule has 2 atom stereocenters. The molecule has 0 fully saturated rings. The quantitative estimate of drug-likeness (QED) is 0.823. The van der Waals surface area contributed by atoms with Gasteiger partial charge in [0.25, 0.3) is 0 Å². The zero-order valence-electron chi connectivity index (χ0n) is 9.72. The summed E-state index contributed by atoms with van der Waals surface area (Å²) in [5.41, 5.74) is 7.99. The number of hydrogen-bond acceptors (Lipinski definition) is 2. The van der Waals surface area contributed by atoms with Crippen molar-refractivity contribution in [1.29, 1.82) is 0 Å². The van der Waals surface area contributed by atoms with Gasteiger partial charge in [0.15, 0.2) is 0 Å². The summed E-state index contributed by atoms with van der Waals surface area (Å²) >= 11 is 0. The number of aryl methyl sites for hydroxylation is 1. The van der Waals surface area contributed by atoms with Crippen LogP contribution in [-0.4, -0.2) is 21.8 Å². The number of aromatic nitrogens is 1. The molecule has 86 valence electrons. The Hall–Kier alpha value is -1.32. The van der Waals surface area contributed by atoms with Gasteiger partial charge in [-0.15, -0.1) is 0 Å². The lowest BCUT2D eigenvalue weighted by Crippen LogP contribution is -2.35. The number of rotatable bonds is 3. The van der Waals surface area contributed by atoms with Gasteiger partial charge in [0.1, 0.15) is 0 Å². The number of hydrogen-bond donors (Lipinski definition) is 2. The third kappa shape index (κ3) is 1.96. The Bertz CT molecular complexity index is 488. The molecular formula is C13H18N2O. The normalized spacial score (nSPS) is 15.2. The lowest BCUT2D eigenvalue weighted by atomic mass is 10.2. The highest BCUT2D eigenvalue weighted by molar-refractivity contribution is 5.81. The summed E-state index contributed by atoms with van der Waals surface area (Å²) in [5.74, 6) is 0. The Morgan fingerprint density at radius 3 is 2.75 bits per heavy atom. The molecule has 0 bridgehead atoms. The lowest BCUT2D eigenvalue weighted by molar-refractivity contribution is 0.132. The Labute approximate surface area is 95.5 Å². The Morgan fingerprint density at radius 1 is 1.38 bits per heavy atom. The Balaban J connectivity index is 2.40. The van der Waals surface area contributed by atoms with Gasteiger partial charge >= 0.3 is 0 Å². The molecule has 1 aromatic heterocycles. The summed E-state index contributed by atoms with van der Waals surface area (Å²) in [6.07, 6.45) is -0.505. The minimum Gasteiger partial charge on any atom is -0.390 e. The number of aliphatic hydroxyl groups is 1. The number of aliphatic hydroxyl groups excluding tert-OH is 1. The molecule has 1 aromatic carbocycles. The molecule has 0 aliphatic carbocycles. The van der Waals surface area contributed by atoms with Crippen molar-refractivity contribution in [2.45, 2.75) is 32.5 Å². The van der Waals surface area contributed by atoms with Gasteiger partial charge in [-0.2, -0.15) is 0 Å². The van der Waals surface area contributed by atoms with E-state index in [-0.39, 0.29) is 6.04 Å². The highest BCUT2D eigenvalue weighted by Crippen LogP contribution is 2.19. The van der Waals surface area contributed by atoms with Crippen LogP contribution >= 0.6 is 0 Å². The summed E-state index contributed by atoms with van der Waals surface area (Å²) in [5, 5.41) is 11.0. The molecule has 16 heavy (non-hydrogen) atoms. The van der Waals surface area contributed by atoms with Crippen molar-refractivity contribution >= 4 is 10.9 Å². The average molecular weight is 218 g/mol.